The van der Waals surface area contributed by atoms with Gasteiger partial charge in [0.2, 0.25) is 0 Å². The maximum Gasteiger partial charge on any atom is 0.311 e. The summed E-state index contributed by atoms with van der Waals surface area (Å²) in [4.78, 5) is 11.6. The first kappa shape index (κ1) is 13.5. The van der Waals surface area contributed by atoms with E-state index in [0.29, 0.717) is 12.5 Å². The highest BCUT2D eigenvalue weighted by Crippen LogP contribution is 2.22. The smallest absolute Gasteiger partial charge is 0.311 e. The maximum absolute atomic E-state index is 11.6. The summed E-state index contributed by atoms with van der Waals surface area (Å²) in [5.41, 5.74) is -0.327. The SMILES string of the molecule is CCCC(C)COC(=O)C(C)(C)CC. The van der Waals surface area contributed by atoms with Gasteiger partial charge in [0.05, 0.1) is 12.0 Å². The van der Waals surface area contributed by atoms with E-state index < -0.39 is 0 Å². The van der Waals surface area contributed by atoms with Crippen LogP contribution < -0.4 is 0 Å². The van der Waals surface area contributed by atoms with Crippen LogP contribution in [0.5, 0.6) is 0 Å². The number of carbonyl (C=O) groups is 1. The maximum atomic E-state index is 11.6. The molecule has 0 bridgehead atoms. The minimum absolute atomic E-state index is 0.0667. The summed E-state index contributed by atoms with van der Waals surface area (Å²) in [7, 11) is 0. The second-order valence-corrected chi connectivity index (χ2v) is 4.73. The van der Waals surface area contributed by atoms with Gasteiger partial charge in [-0.15, -0.1) is 0 Å². The lowest BCUT2D eigenvalue weighted by Crippen LogP contribution is -2.27. The molecule has 1 unspecified atom stereocenters. The fourth-order valence-corrected chi connectivity index (χ4v) is 1.13. The zero-order chi connectivity index (χ0) is 11.2. The summed E-state index contributed by atoms with van der Waals surface area (Å²) in [5, 5.41) is 0. The predicted octanol–water partition coefficient (Wildman–Crippen LogP) is 3.40. The van der Waals surface area contributed by atoms with Gasteiger partial charge in [-0.1, -0.05) is 27.2 Å². The standard InChI is InChI=1S/C12H24O2/c1-6-8-10(3)9-14-11(13)12(4,5)7-2/h10H,6-9H2,1-5H3. The van der Waals surface area contributed by atoms with E-state index in [2.05, 4.69) is 13.8 Å². The highest BCUT2D eigenvalue weighted by Gasteiger charge is 2.27. The Morgan fingerprint density at radius 3 is 2.36 bits per heavy atom. The van der Waals surface area contributed by atoms with E-state index in [1.807, 2.05) is 20.8 Å². The van der Waals surface area contributed by atoms with E-state index in [0.717, 1.165) is 19.3 Å². The predicted molar refractivity (Wildman–Crippen MR) is 59.1 cm³/mol. The summed E-state index contributed by atoms with van der Waals surface area (Å²) < 4.78 is 5.27. The Kier molecular flexibility index (Phi) is 5.82. The zero-order valence-corrected chi connectivity index (χ0v) is 10.2. The van der Waals surface area contributed by atoms with Crippen LogP contribution in [0.25, 0.3) is 0 Å². The van der Waals surface area contributed by atoms with Crippen LogP contribution in [0.1, 0.15) is 53.9 Å². The number of carbonyl (C=O) groups excluding carboxylic acids is 1. The zero-order valence-electron chi connectivity index (χ0n) is 10.2. The molecule has 0 amide bonds. The van der Waals surface area contributed by atoms with Crippen molar-refractivity contribution in [3.8, 4) is 0 Å². The Balaban J connectivity index is 3.85. The van der Waals surface area contributed by atoms with Crippen molar-refractivity contribution >= 4 is 5.97 Å². The fourth-order valence-electron chi connectivity index (χ4n) is 1.13. The summed E-state index contributed by atoms with van der Waals surface area (Å²) in [6, 6.07) is 0. The molecule has 0 aromatic heterocycles. The molecule has 0 aromatic carbocycles. The number of hydrogen-bond acceptors (Lipinski definition) is 2. The van der Waals surface area contributed by atoms with E-state index in [9.17, 15) is 4.79 Å². The third-order valence-corrected chi connectivity index (χ3v) is 2.72. The van der Waals surface area contributed by atoms with E-state index >= 15 is 0 Å². The molecule has 2 heteroatoms. The third kappa shape index (κ3) is 4.64. The lowest BCUT2D eigenvalue weighted by atomic mass is 9.90. The van der Waals surface area contributed by atoms with E-state index in [4.69, 9.17) is 4.74 Å². The summed E-state index contributed by atoms with van der Waals surface area (Å²) in [6.07, 6.45) is 3.10. The lowest BCUT2D eigenvalue weighted by Gasteiger charge is -2.21. The Hall–Kier alpha value is -0.530. The summed E-state index contributed by atoms with van der Waals surface area (Å²) in [6.45, 7) is 10.7. The van der Waals surface area contributed by atoms with Crippen LogP contribution in [0.15, 0.2) is 0 Å². The number of esters is 1. The molecule has 0 N–H and O–H groups in total. The molecule has 0 aromatic rings. The molecule has 1 atom stereocenters. The highest BCUT2D eigenvalue weighted by molar-refractivity contribution is 5.75. The van der Waals surface area contributed by atoms with Crippen molar-refractivity contribution in [1.82, 2.24) is 0 Å². The Labute approximate surface area is 88.0 Å². The van der Waals surface area contributed by atoms with Crippen LogP contribution >= 0.6 is 0 Å². The molecule has 0 radical (unpaired) electrons. The van der Waals surface area contributed by atoms with Gasteiger partial charge in [-0.3, -0.25) is 4.79 Å². The first-order valence-electron chi connectivity index (χ1n) is 5.61. The van der Waals surface area contributed by atoms with Gasteiger partial charge in [-0.05, 0) is 32.6 Å². The van der Waals surface area contributed by atoms with Gasteiger partial charge < -0.3 is 4.74 Å². The van der Waals surface area contributed by atoms with Gasteiger partial charge in [0.15, 0.2) is 0 Å². The molecule has 0 aliphatic heterocycles. The number of hydrogen-bond donors (Lipinski definition) is 0. The van der Waals surface area contributed by atoms with Crippen LogP contribution in [0, 0.1) is 11.3 Å². The topological polar surface area (TPSA) is 26.3 Å². The van der Waals surface area contributed by atoms with Crippen molar-refractivity contribution in [3.05, 3.63) is 0 Å². The Morgan fingerprint density at radius 1 is 1.36 bits per heavy atom. The van der Waals surface area contributed by atoms with Gasteiger partial charge in [-0.25, -0.2) is 0 Å². The molecule has 0 saturated carbocycles. The van der Waals surface area contributed by atoms with Crippen LogP contribution in [0.2, 0.25) is 0 Å². The molecular formula is C12H24O2. The first-order valence-corrected chi connectivity index (χ1v) is 5.61. The first-order chi connectivity index (χ1) is 6.44. The van der Waals surface area contributed by atoms with E-state index in [1.54, 1.807) is 0 Å². The average Bonchev–Trinajstić information content (AvgIpc) is 2.14. The molecule has 0 spiro atoms. The fraction of sp³-hybridized carbons (Fsp3) is 0.917. The van der Waals surface area contributed by atoms with Gasteiger partial charge in [0.1, 0.15) is 0 Å². The third-order valence-electron chi connectivity index (χ3n) is 2.72. The van der Waals surface area contributed by atoms with E-state index in [1.165, 1.54) is 0 Å². The Bertz CT molecular complexity index is 173. The Morgan fingerprint density at radius 2 is 1.93 bits per heavy atom. The molecule has 84 valence electrons. The van der Waals surface area contributed by atoms with Crippen LogP contribution in [-0.4, -0.2) is 12.6 Å². The molecular weight excluding hydrogens is 176 g/mol. The normalized spacial score (nSPS) is 13.8. The number of rotatable bonds is 6. The van der Waals surface area contributed by atoms with Crippen LogP contribution in [0.3, 0.4) is 0 Å². The minimum atomic E-state index is -0.327. The summed E-state index contributed by atoms with van der Waals surface area (Å²) in [5.74, 6) is 0.416. The molecule has 0 heterocycles. The average molecular weight is 200 g/mol. The molecule has 14 heavy (non-hydrogen) atoms. The van der Waals surface area contributed by atoms with Crippen molar-refractivity contribution in [2.45, 2.75) is 53.9 Å². The second kappa shape index (κ2) is 6.05. The van der Waals surface area contributed by atoms with Gasteiger partial charge in [-0.2, -0.15) is 0 Å². The lowest BCUT2D eigenvalue weighted by molar-refractivity contribution is -0.155. The van der Waals surface area contributed by atoms with E-state index in [-0.39, 0.29) is 11.4 Å². The van der Waals surface area contributed by atoms with Crippen molar-refractivity contribution in [2.24, 2.45) is 11.3 Å². The monoisotopic (exact) mass is 200 g/mol. The van der Waals surface area contributed by atoms with Crippen molar-refractivity contribution < 1.29 is 9.53 Å². The highest BCUT2D eigenvalue weighted by atomic mass is 16.5. The minimum Gasteiger partial charge on any atom is -0.465 e. The van der Waals surface area contributed by atoms with Gasteiger partial charge in [0.25, 0.3) is 0 Å². The van der Waals surface area contributed by atoms with Gasteiger partial charge >= 0.3 is 5.97 Å². The quantitative estimate of drug-likeness (QED) is 0.614. The van der Waals surface area contributed by atoms with Crippen molar-refractivity contribution in [2.75, 3.05) is 6.61 Å². The van der Waals surface area contributed by atoms with Gasteiger partial charge in [0, 0.05) is 0 Å². The molecule has 0 aliphatic rings. The summed E-state index contributed by atoms with van der Waals surface area (Å²) >= 11 is 0. The number of ether oxygens (including phenoxy) is 1. The molecule has 2 nitrogen and oxygen atoms in total. The van der Waals surface area contributed by atoms with Crippen molar-refractivity contribution in [1.29, 1.82) is 0 Å². The molecule has 0 rings (SSSR count). The largest absolute Gasteiger partial charge is 0.465 e. The second-order valence-electron chi connectivity index (χ2n) is 4.73. The molecule has 0 fully saturated rings. The van der Waals surface area contributed by atoms with Crippen LogP contribution in [0.4, 0.5) is 0 Å². The molecule has 0 aliphatic carbocycles. The van der Waals surface area contributed by atoms with Crippen LogP contribution in [-0.2, 0) is 9.53 Å². The van der Waals surface area contributed by atoms with Crippen molar-refractivity contribution in [3.63, 3.8) is 0 Å². The molecule has 0 saturated heterocycles.